The normalized spacial score (nSPS) is 11.7. The lowest BCUT2D eigenvalue weighted by molar-refractivity contribution is 0.367. The van der Waals surface area contributed by atoms with E-state index in [0.29, 0.717) is 5.56 Å². The molecule has 106 valence electrons. The maximum Gasteiger partial charge on any atom is 0.330 e. The van der Waals surface area contributed by atoms with Gasteiger partial charge in [-0.05, 0) is 38.5 Å². The number of hydrogen-bond donors (Lipinski definition) is 1. The first-order valence-electron chi connectivity index (χ1n) is 6.03. The van der Waals surface area contributed by atoms with E-state index in [9.17, 15) is 14.0 Å². The fraction of sp³-hybridized carbons (Fsp3) is 0.286. The standard InChI is InChI=1S/C14H14ClFN2O2/c1-14(2,3)18-12(19)10(11(15)17-13(18)20)8-5-4-6-9(16)7-8/h4-7H,1-3H3,(H,17,20). The Morgan fingerprint density at radius 3 is 2.45 bits per heavy atom. The molecule has 4 nitrogen and oxygen atoms in total. The third-order valence-corrected chi connectivity index (χ3v) is 3.12. The number of benzene rings is 1. The van der Waals surface area contributed by atoms with Gasteiger partial charge in [0.2, 0.25) is 0 Å². The molecule has 1 aromatic heterocycles. The van der Waals surface area contributed by atoms with Gasteiger partial charge in [0.15, 0.2) is 0 Å². The van der Waals surface area contributed by atoms with Crippen LogP contribution in [0.4, 0.5) is 4.39 Å². The van der Waals surface area contributed by atoms with Crippen molar-refractivity contribution in [1.82, 2.24) is 9.55 Å². The number of H-pyrrole nitrogens is 1. The summed E-state index contributed by atoms with van der Waals surface area (Å²) in [6.45, 7) is 5.19. The second-order valence-corrected chi connectivity index (χ2v) is 5.82. The Bertz CT molecular complexity index is 772. The van der Waals surface area contributed by atoms with Gasteiger partial charge in [-0.3, -0.25) is 14.3 Å². The molecule has 0 radical (unpaired) electrons. The van der Waals surface area contributed by atoms with Gasteiger partial charge in [-0.25, -0.2) is 9.18 Å². The van der Waals surface area contributed by atoms with Gasteiger partial charge < -0.3 is 0 Å². The zero-order valence-electron chi connectivity index (χ0n) is 11.3. The van der Waals surface area contributed by atoms with E-state index in [1.54, 1.807) is 26.8 Å². The second-order valence-electron chi connectivity index (χ2n) is 5.44. The predicted molar refractivity (Wildman–Crippen MR) is 76.7 cm³/mol. The molecule has 2 aromatic rings. The molecule has 0 unspecified atom stereocenters. The number of nitrogens with one attached hydrogen (secondary N) is 1. The number of aromatic amines is 1. The maximum atomic E-state index is 13.3. The SMILES string of the molecule is CC(C)(C)n1c(=O)[nH]c(Cl)c(-c2cccc(F)c2)c1=O. The molecule has 1 aromatic carbocycles. The van der Waals surface area contributed by atoms with Crippen molar-refractivity contribution in [2.24, 2.45) is 0 Å². The Morgan fingerprint density at radius 2 is 1.90 bits per heavy atom. The molecular formula is C14H14ClFN2O2. The molecule has 0 saturated carbocycles. The monoisotopic (exact) mass is 296 g/mol. The molecule has 0 spiro atoms. The average Bonchev–Trinajstić information content (AvgIpc) is 2.25. The number of aromatic nitrogens is 2. The molecule has 0 atom stereocenters. The lowest BCUT2D eigenvalue weighted by atomic mass is 10.1. The van der Waals surface area contributed by atoms with Gasteiger partial charge in [-0.15, -0.1) is 0 Å². The van der Waals surface area contributed by atoms with E-state index < -0.39 is 22.6 Å². The summed E-state index contributed by atoms with van der Waals surface area (Å²) in [5.41, 5.74) is -1.43. The van der Waals surface area contributed by atoms with E-state index in [1.165, 1.54) is 18.2 Å². The summed E-state index contributed by atoms with van der Waals surface area (Å²) in [4.78, 5) is 26.8. The Labute approximate surface area is 119 Å². The van der Waals surface area contributed by atoms with Crippen molar-refractivity contribution in [1.29, 1.82) is 0 Å². The van der Waals surface area contributed by atoms with E-state index in [1.807, 2.05) is 0 Å². The van der Waals surface area contributed by atoms with Crippen LogP contribution >= 0.6 is 11.6 Å². The van der Waals surface area contributed by atoms with Crippen molar-refractivity contribution in [3.05, 3.63) is 56.1 Å². The molecule has 0 bridgehead atoms. The van der Waals surface area contributed by atoms with Crippen LogP contribution < -0.4 is 11.2 Å². The summed E-state index contributed by atoms with van der Waals surface area (Å²) in [5.74, 6) is -0.480. The Morgan fingerprint density at radius 1 is 1.25 bits per heavy atom. The summed E-state index contributed by atoms with van der Waals surface area (Å²) in [5, 5.41) is -0.0916. The van der Waals surface area contributed by atoms with E-state index in [0.717, 1.165) is 4.57 Å². The van der Waals surface area contributed by atoms with Crippen LogP contribution in [-0.4, -0.2) is 9.55 Å². The van der Waals surface area contributed by atoms with Crippen LogP contribution in [0, 0.1) is 5.82 Å². The zero-order chi connectivity index (χ0) is 15.1. The highest BCUT2D eigenvalue weighted by atomic mass is 35.5. The number of nitrogens with zero attached hydrogens (tertiary/aromatic N) is 1. The Hall–Kier alpha value is -1.88. The van der Waals surface area contributed by atoms with Crippen molar-refractivity contribution in [3.63, 3.8) is 0 Å². The first-order chi connectivity index (χ1) is 9.21. The molecule has 0 aliphatic rings. The first-order valence-corrected chi connectivity index (χ1v) is 6.41. The molecule has 20 heavy (non-hydrogen) atoms. The van der Waals surface area contributed by atoms with E-state index >= 15 is 0 Å². The average molecular weight is 297 g/mol. The summed E-state index contributed by atoms with van der Waals surface area (Å²) >= 11 is 5.95. The van der Waals surface area contributed by atoms with E-state index in [2.05, 4.69) is 4.98 Å². The van der Waals surface area contributed by atoms with Crippen molar-refractivity contribution >= 4 is 11.6 Å². The minimum Gasteiger partial charge on any atom is -0.297 e. The van der Waals surface area contributed by atoms with Crippen LogP contribution in [0.2, 0.25) is 5.15 Å². The lowest BCUT2D eigenvalue weighted by Crippen LogP contribution is -2.45. The molecule has 0 aliphatic carbocycles. The molecule has 0 saturated heterocycles. The summed E-state index contributed by atoms with van der Waals surface area (Å²) in [6.07, 6.45) is 0. The molecule has 1 heterocycles. The minimum atomic E-state index is -0.711. The smallest absolute Gasteiger partial charge is 0.297 e. The molecule has 1 N–H and O–H groups in total. The predicted octanol–water partition coefficient (Wildman–Crippen LogP) is 2.75. The maximum absolute atomic E-state index is 13.3. The van der Waals surface area contributed by atoms with Gasteiger partial charge in [0.05, 0.1) is 5.56 Å². The number of rotatable bonds is 1. The highest BCUT2D eigenvalue weighted by molar-refractivity contribution is 6.32. The van der Waals surface area contributed by atoms with Crippen LogP contribution in [-0.2, 0) is 5.54 Å². The molecule has 2 rings (SSSR count). The van der Waals surface area contributed by atoms with Crippen LogP contribution in [0.5, 0.6) is 0 Å². The molecule has 0 aliphatic heterocycles. The molecular weight excluding hydrogens is 283 g/mol. The van der Waals surface area contributed by atoms with Crippen LogP contribution in [0.3, 0.4) is 0 Å². The topological polar surface area (TPSA) is 54.9 Å². The number of halogens is 2. The third kappa shape index (κ3) is 2.54. The lowest BCUT2D eigenvalue weighted by Gasteiger charge is -2.22. The van der Waals surface area contributed by atoms with Crippen LogP contribution in [0.1, 0.15) is 20.8 Å². The summed E-state index contributed by atoms with van der Waals surface area (Å²) in [7, 11) is 0. The highest BCUT2D eigenvalue weighted by Gasteiger charge is 2.22. The highest BCUT2D eigenvalue weighted by Crippen LogP contribution is 2.23. The quantitative estimate of drug-likeness (QED) is 0.823. The first kappa shape index (κ1) is 14.5. The Kier molecular flexibility index (Phi) is 3.56. The fourth-order valence-electron chi connectivity index (χ4n) is 2.01. The van der Waals surface area contributed by atoms with E-state index in [-0.39, 0.29) is 10.7 Å². The summed E-state index contributed by atoms with van der Waals surface area (Å²) < 4.78 is 14.4. The number of hydrogen-bond acceptors (Lipinski definition) is 2. The minimum absolute atomic E-state index is 0.0840. The van der Waals surface area contributed by atoms with Gasteiger partial charge in [0.25, 0.3) is 5.56 Å². The van der Waals surface area contributed by atoms with E-state index in [4.69, 9.17) is 11.6 Å². The summed E-state index contributed by atoms with van der Waals surface area (Å²) in [6, 6.07) is 5.52. The van der Waals surface area contributed by atoms with Crippen molar-refractivity contribution in [2.45, 2.75) is 26.3 Å². The van der Waals surface area contributed by atoms with Gasteiger partial charge in [-0.1, -0.05) is 23.7 Å². The van der Waals surface area contributed by atoms with Crippen LogP contribution in [0.15, 0.2) is 33.9 Å². The zero-order valence-corrected chi connectivity index (χ0v) is 12.1. The van der Waals surface area contributed by atoms with Crippen molar-refractivity contribution < 1.29 is 4.39 Å². The Balaban J connectivity index is 2.85. The van der Waals surface area contributed by atoms with Gasteiger partial charge >= 0.3 is 5.69 Å². The third-order valence-electron chi connectivity index (χ3n) is 2.84. The largest absolute Gasteiger partial charge is 0.330 e. The van der Waals surface area contributed by atoms with Gasteiger partial charge in [0.1, 0.15) is 11.0 Å². The van der Waals surface area contributed by atoms with Gasteiger partial charge in [-0.2, -0.15) is 0 Å². The fourth-order valence-corrected chi connectivity index (χ4v) is 2.28. The second kappa shape index (κ2) is 4.90. The molecule has 0 amide bonds. The van der Waals surface area contributed by atoms with Crippen LogP contribution in [0.25, 0.3) is 11.1 Å². The molecule has 0 fully saturated rings. The van der Waals surface area contributed by atoms with Crippen molar-refractivity contribution in [3.8, 4) is 11.1 Å². The van der Waals surface area contributed by atoms with Crippen molar-refractivity contribution in [2.75, 3.05) is 0 Å². The van der Waals surface area contributed by atoms with Gasteiger partial charge in [0, 0.05) is 5.54 Å². The molecule has 6 heteroatoms.